The molecule has 0 saturated heterocycles. The number of amides is 1. The predicted molar refractivity (Wildman–Crippen MR) is 86.9 cm³/mol. The smallest absolute Gasteiger partial charge is 0.230 e. The van der Waals surface area contributed by atoms with Gasteiger partial charge in [-0.15, -0.1) is 0 Å². The van der Waals surface area contributed by atoms with Crippen LogP contribution in [0.5, 0.6) is 0 Å². The first kappa shape index (κ1) is 15.9. The van der Waals surface area contributed by atoms with E-state index in [-0.39, 0.29) is 12.3 Å². The lowest BCUT2D eigenvalue weighted by molar-refractivity contribution is -0.115. The Hall–Kier alpha value is -3.03. The van der Waals surface area contributed by atoms with Gasteiger partial charge in [0, 0.05) is 17.3 Å². The molecular weight excluding hydrogens is 308 g/mol. The number of hydrogen-bond acceptors (Lipinski definition) is 6. The molecule has 0 atom stereocenters. The molecule has 0 aliphatic heterocycles. The Morgan fingerprint density at radius 2 is 2.00 bits per heavy atom. The van der Waals surface area contributed by atoms with Crippen LogP contribution < -0.4 is 5.32 Å². The molecule has 3 heterocycles. The zero-order valence-electron chi connectivity index (χ0n) is 14.0. The molecule has 0 spiro atoms. The Labute approximate surface area is 138 Å². The van der Waals surface area contributed by atoms with E-state index in [0.29, 0.717) is 23.1 Å². The Morgan fingerprint density at radius 3 is 2.62 bits per heavy atom. The van der Waals surface area contributed by atoms with Gasteiger partial charge in [-0.25, -0.2) is 14.6 Å². The molecule has 3 aromatic heterocycles. The molecule has 3 aromatic rings. The van der Waals surface area contributed by atoms with Gasteiger partial charge in [0.15, 0.2) is 5.82 Å². The number of rotatable bonds is 4. The molecule has 24 heavy (non-hydrogen) atoms. The van der Waals surface area contributed by atoms with E-state index in [9.17, 15) is 4.79 Å². The summed E-state index contributed by atoms with van der Waals surface area (Å²) >= 11 is 0. The predicted octanol–water partition coefficient (Wildman–Crippen LogP) is 2.07. The number of carbonyl (C=O) groups excluding carboxylic acids is 1. The molecule has 0 aliphatic rings. The molecule has 0 radical (unpaired) electrons. The third-order valence-corrected chi connectivity index (χ3v) is 3.67. The third kappa shape index (κ3) is 3.17. The summed E-state index contributed by atoms with van der Waals surface area (Å²) in [5.41, 5.74) is 3.36. The number of aryl methyl sites for hydroxylation is 4. The summed E-state index contributed by atoms with van der Waals surface area (Å²) in [6.07, 6.45) is 1.58. The molecule has 8 heteroatoms. The Bertz CT molecular complexity index is 876. The standard InChI is InChI=1S/C16H18N6O2/c1-9-5-10(2)22(20-9)15-7-14(17-8-18-15)19-16(23)6-13-11(3)21-24-12(13)4/h5,7-8H,6H2,1-4H3,(H,17,18,19,23). The minimum Gasteiger partial charge on any atom is -0.361 e. The highest BCUT2D eigenvalue weighted by Crippen LogP contribution is 2.15. The Morgan fingerprint density at radius 1 is 1.21 bits per heavy atom. The van der Waals surface area contributed by atoms with Gasteiger partial charge >= 0.3 is 0 Å². The fourth-order valence-corrected chi connectivity index (χ4v) is 2.49. The van der Waals surface area contributed by atoms with Gasteiger partial charge in [0.05, 0.1) is 17.8 Å². The topological polar surface area (TPSA) is 98.7 Å². The lowest BCUT2D eigenvalue weighted by atomic mass is 10.1. The molecule has 0 aromatic carbocycles. The van der Waals surface area contributed by atoms with Crippen molar-refractivity contribution in [2.45, 2.75) is 34.1 Å². The van der Waals surface area contributed by atoms with E-state index >= 15 is 0 Å². The number of anilines is 1. The lowest BCUT2D eigenvalue weighted by Crippen LogP contribution is -2.16. The van der Waals surface area contributed by atoms with Gasteiger partial charge in [0.2, 0.25) is 5.91 Å². The molecule has 0 unspecified atom stereocenters. The molecule has 1 amide bonds. The lowest BCUT2D eigenvalue weighted by Gasteiger charge is -2.07. The van der Waals surface area contributed by atoms with Gasteiger partial charge in [-0.3, -0.25) is 4.79 Å². The number of nitrogens with zero attached hydrogens (tertiary/aromatic N) is 5. The first-order valence-corrected chi connectivity index (χ1v) is 7.51. The normalized spacial score (nSPS) is 10.8. The Balaban J connectivity index is 1.77. The van der Waals surface area contributed by atoms with Crippen molar-refractivity contribution in [3.05, 3.63) is 46.9 Å². The fourth-order valence-electron chi connectivity index (χ4n) is 2.49. The monoisotopic (exact) mass is 326 g/mol. The van der Waals surface area contributed by atoms with Gasteiger partial charge < -0.3 is 9.84 Å². The molecule has 0 fully saturated rings. The van der Waals surface area contributed by atoms with Crippen LogP contribution in [0.1, 0.15) is 28.4 Å². The SMILES string of the molecule is Cc1cc(C)n(-c2cc(NC(=O)Cc3c(C)noc3C)ncn2)n1. The molecule has 1 N–H and O–H groups in total. The highest BCUT2D eigenvalue weighted by atomic mass is 16.5. The average molecular weight is 326 g/mol. The molecular formula is C16H18N6O2. The van der Waals surface area contributed by atoms with E-state index in [2.05, 4.69) is 25.5 Å². The maximum Gasteiger partial charge on any atom is 0.230 e. The molecule has 8 nitrogen and oxygen atoms in total. The summed E-state index contributed by atoms with van der Waals surface area (Å²) in [6.45, 7) is 7.45. The zero-order chi connectivity index (χ0) is 17.3. The summed E-state index contributed by atoms with van der Waals surface area (Å²) in [7, 11) is 0. The summed E-state index contributed by atoms with van der Waals surface area (Å²) in [4.78, 5) is 20.5. The third-order valence-electron chi connectivity index (χ3n) is 3.67. The van der Waals surface area contributed by atoms with Crippen LogP contribution in [0.15, 0.2) is 23.0 Å². The van der Waals surface area contributed by atoms with Crippen molar-refractivity contribution in [3.63, 3.8) is 0 Å². The number of hydrogen-bond donors (Lipinski definition) is 1. The Kier molecular flexibility index (Phi) is 4.11. The summed E-state index contributed by atoms with van der Waals surface area (Å²) in [5.74, 6) is 1.48. The van der Waals surface area contributed by atoms with Crippen molar-refractivity contribution in [1.29, 1.82) is 0 Å². The van der Waals surface area contributed by atoms with E-state index in [1.54, 1.807) is 17.7 Å². The first-order valence-electron chi connectivity index (χ1n) is 7.51. The van der Waals surface area contributed by atoms with Gasteiger partial charge in [0.25, 0.3) is 0 Å². The van der Waals surface area contributed by atoms with Crippen molar-refractivity contribution in [1.82, 2.24) is 24.9 Å². The van der Waals surface area contributed by atoms with E-state index in [0.717, 1.165) is 17.0 Å². The summed E-state index contributed by atoms with van der Waals surface area (Å²) in [6, 6.07) is 3.64. The second kappa shape index (κ2) is 6.23. The van der Waals surface area contributed by atoms with Crippen molar-refractivity contribution >= 4 is 11.7 Å². The van der Waals surface area contributed by atoms with Crippen molar-refractivity contribution < 1.29 is 9.32 Å². The zero-order valence-corrected chi connectivity index (χ0v) is 14.0. The molecule has 3 rings (SSSR count). The van der Waals surface area contributed by atoms with Gasteiger partial charge in [-0.1, -0.05) is 5.16 Å². The van der Waals surface area contributed by atoms with Crippen LogP contribution in [-0.2, 0) is 11.2 Å². The average Bonchev–Trinajstić information content (AvgIpc) is 3.03. The quantitative estimate of drug-likeness (QED) is 0.788. The van der Waals surface area contributed by atoms with Crippen LogP contribution >= 0.6 is 0 Å². The number of nitrogens with one attached hydrogen (secondary N) is 1. The summed E-state index contributed by atoms with van der Waals surface area (Å²) in [5, 5.41) is 11.0. The molecule has 0 aliphatic carbocycles. The molecule has 124 valence electrons. The highest BCUT2D eigenvalue weighted by molar-refractivity contribution is 5.91. The van der Waals surface area contributed by atoms with Crippen LogP contribution in [0.4, 0.5) is 5.82 Å². The summed E-state index contributed by atoms with van der Waals surface area (Å²) < 4.78 is 6.78. The van der Waals surface area contributed by atoms with Crippen LogP contribution in [0.3, 0.4) is 0 Å². The second-order valence-electron chi connectivity index (χ2n) is 5.63. The van der Waals surface area contributed by atoms with Crippen molar-refractivity contribution in [2.24, 2.45) is 0 Å². The van der Waals surface area contributed by atoms with Crippen molar-refractivity contribution in [2.75, 3.05) is 5.32 Å². The van der Waals surface area contributed by atoms with Gasteiger partial charge in [0.1, 0.15) is 17.9 Å². The van der Waals surface area contributed by atoms with E-state index in [4.69, 9.17) is 4.52 Å². The van der Waals surface area contributed by atoms with Crippen LogP contribution in [0.25, 0.3) is 5.82 Å². The first-order chi connectivity index (χ1) is 11.4. The highest BCUT2D eigenvalue weighted by Gasteiger charge is 2.14. The number of carbonyl (C=O) groups is 1. The van der Waals surface area contributed by atoms with Gasteiger partial charge in [-0.05, 0) is 33.8 Å². The number of aromatic nitrogens is 5. The molecule has 0 bridgehead atoms. The van der Waals surface area contributed by atoms with Gasteiger partial charge in [-0.2, -0.15) is 5.10 Å². The minimum atomic E-state index is -0.192. The molecule has 0 saturated carbocycles. The van der Waals surface area contributed by atoms with E-state index in [1.807, 2.05) is 26.8 Å². The van der Waals surface area contributed by atoms with E-state index < -0.39 is 0 Å². The van der Waals surface area contributed by atoms with Crippen molar-refractivity contribution in [3.8, 4) is 5.82 Å². The fraction of sp³-hybridized carbons (Fsp3) is 0.312. The van der Waals surface area contributed by atoms with E-state index in [1.165, 1.54) is 6.33 Å². The van der Waals surface area contributed by atoms with Crippen LogP contribution in [-0.4, -0.2) is 30.8 Å². The largest absolute Gasteiger partial charge is 0.361 e. The minimum absolute atomic E-state index is 0.181. The van der Waals surface area contributed by atoms with Crippen LogP contribution in [0.2, 0.25) is 0 Å². The van der Waals surface area contributed by atoms with Crippen LogP contribution in [0, 0.1) is 27.7 Å². The maximum absolute atomic E-state index is 12.2. The second-order valence-corrected chi connectivity index (χ2v) is 5.63. The maximum atomic E-state index is 12.2.